The lowest BCUT2D eigenvalue weighted by atomic mass is 10.0. The van der Waals surface area contributed by atoms with Crippen molar-refractivity contribution >= 4 is 28.6 Å². The van der Waals surface area contributed by atoms with Crippen molar-refractivity contribution in [2.75, 3.05) is 18.8 Å². The molecule has 0 spiro atoms. The molecule has 0 unspecified atom stereocenters. The van der Waals surface area contributed by atoms with Crippen LogP contribution in [0.1, 0.15) is 18.9 Å². The van der Waals surface area contributed by atoms with E-state index in [0.717, 1.165) is 4.90 Å². The minimum absolute atomic E-state index is 0.0695. The molecule has 2 aromatic heterocycles. The second-order valence-corrected chi connectivity index (χ2v) is 7.78. The highest BCUT2D eigenvalue weighted by molar-refractivity contribution is 8.00. The van der Waals surface area contributed by atoms with Crippen molar-refractivity contribution in [3.05, 3.63) is 69.6 Å². The van der Waals surface area contributed by atoms with Crippen LogP contribution in [-0.4, -0.2) is 44.2 Å². The second kappa shape index (κ2) is 8.02. The van der Waals surface area contributed by atoms with E-state index in [-0.39, 0.29) is 23.2 Å². The van der Waals surface area contributed by atoms with Gasteiger partial charge in [0.2, 0.25) is 5.91 Å². The van der Waals surface area contributed by atoms with Gasteiger partial charge in [0, 0.05) is 36.4 Å². The molecule has 0 aliphatic carbocycles. The van der Waals surface area contributed by atoms with E-state index < -0.39 is 0 Å². The minimum atomic E-state index is -0.387. The van der Waals surface area contributed by atoms with Gasteiger partial charge < -0.3 is 9.88 Å². The van der Waals surface area contributed by atoms with Gasteiger partial charge in [0.05, 0.1) is 16.7 Å². The Balaban J connectivity index is 1.43. The molecular formula is C20H20N4O3S. The average Bonchev–Trinajstić information content (AvgIpc) is 2.73. The number of fused-ring (bicyclic) bond motifs is 1. The van der Waals surface area contributed by atoms with E-state index in [2.05, 4.69) is 9.97 Å². The van der Waals surface area contributed by atoms with Crippen molar-refractivity contribution in [2.45, 2.75) is 23.8 Å². The first-order valence-corrected chi connectivity index (χ1v) is 10.2. The third kappa shape index (κ3) is 3.73. The topological polar surface area (TPSA) is 88.1 Å². The maximum Gasteiger partial charge on any atom is 0.329 e. The van der Waals surface area contributed by atoms with Crippen molar-refractivity contribution in [1.82, 2.24) is 19.4 Å². The molecule has 1 aromatic carbocycles. The monoisotopic (exact) mass is 396 g/mol. The van der Waals surface area contributed by atoms with Gasteiger partial charge in [0.1, 0.15) is 0 Å². The van der Waals surface area contributed by atoms with Crippen LogP contribution in [0, 0.1) is 0 Å². The van der Waals surface area contributed by atoms with Gasteiger partial charge in [-0.3, -0.25) is 19.1 Å². The molecule has 0 radical (unpaired) electrons. The van der Waals surface area contributed by atoms with Gasteiger partial charge in [0.25, 0.3) is 5.56 Å². The van der Waals surface area contributed by atoms with Gasteiger partial charge in [-0.15, -0.1) is 11.8 Å². The first-order valence-electron chi connectivity index (χ1n) is 9.17. The van der Waals surface area contributed by atoms with Crippen LogP contribution in [0.2, 0.25) is 0 Å². The highest BCUT2D eigenvalue weighted by Crippen LogP contribution is 2.22. The molecule has 1 amide bonds. The number of benzene rings is 1. The SMILES string of the molecule is O=C(CSc1ccncc1)N1CCC(n2c(=O)[nH]c3ccccc3c2=O)CC1. The van der Waals surface area contributed by atoms with E-state index in [4.69, 9.17) is 0 Å². The zero-order valence-corrected chi connectivity index (χ0v) is 16.0. The van der Waals surface area contributed by atoms with Crippen LogP contribution in [0.25, 0.3) is 10.9 Å². The zero-order valence-electron chi connectivity index (χ0n) is 15.2. The van der Waals surface area contributed by atoms with Crippen molar-refractivity contribution < 1.29 is 4.79 Å². The summed E-state index contributed by atoms with van der Waals surface area (Å²) in [6, 6.07) is 10.6. The summed E-state index contributed by atoms with van der Waals surface area (Å²) in [5.41, 5.74) is -0.103. The Morgan fingerprint density at radius 1 is 1.11 bits per heavy atom. The van der Waals surface area contributed by atoms with Crippen LogP contribution < -0.4 is 11.2 Å². The average molecular weight is 396 g/mol. The number of likely N-dealkylation sites (tertiary alicyclic amines) is 1. The Bertz CT molecular complexity index is 1100. The summed E-state index contributed by atoms with van der Waals surface area (Å²) in [7, 11) is 0. The van der Waals surface area contributed by atoms with E-state index >= 15 is 0 Å². The number of nitrogens with one attached hydrogen (secondary N) is 1. The predicted molar refractivity (Wildman–Crippen MR) is 109 cm³/mol. The van der Waals surface area contributed by atoms with Crippen molar-refractivity contribution in [3.8, 4) is 0 Å². The maximum absolute atomic E-state index is 12.8. The minimum Gasteiger partial charge on any atom is -0.342 e. The van der Waals surface area contributed by atoms with E-state index in [1.165, 1.54) is 16.3 Å². The van der Waals surface area contributed by atoms with E-state index in [9.17, 15) is 14.4 Å². The summed E-state index contributed by atoms with van der Waals surface area (Å²) >= 11 is 1.48. The largest absolute Gasteiger partial charge is 0.342 e. The molecule has 4 rings (SSSR count). The molecule has 1 aliphatic heterocycles. The molecule has 1 N–H and O–H groups in total. The number of amides is 1. The van der Waals surface area contributed by atoms with Crippen molar-refractivity contribution in [3.63, 3.8) is 0 Å². The second-order valence-electron chi connectivity index (χ2n) is 6.73. The molecule has 0 bridgehead atoms. The Hall–Kier alpha value is -2.87. The Labute approximate surface area is 165 Å². The summed E-state index contributed by atoms with van der Waals surface area (Å²) in [6.07, 6.45) is 4.59. The number of para-hydroxylation sites is 1. The number of piperidine rings is 1. The lowest BCUT2D eigenvalue weighted by Gasteiger charge is -2.32. The summed E-state index contributed by atoms with van der Waals surface area (Å²) in [6.45, 7) is 1.08. The summed E-state index contributed by atoms with van der Waals surface area (Å²) < 4.78 is 1.32. The summed E-state index contributed by atoms with van der Waals surface area (Å²) in [4.78, 5) is 47.3. The highest BCUT2D eigenvalue weighted by atomic mass is 32.2. The van der Waals surface area contributed by atoms with Gasteiger partial charge in [-0.2, -0.15) is 0 Å². The molecule has 8 heteroatoms. The standard InChI is InChI=1S/C20H20N4O3S/c25-18(13-28-15-5-9-21-10-6-15)23-11-7-14(8-12-23)24-19(26)16-3-1-2-4-17(16)22-20(24)27/h1-6,9-10,14H,7-8,11-13H2,(H,22,27). The zero-order chi connectivity index (χ0) is 19.5. The summed E-state index contributed by atoms with van der Waals surface area (Å²) in [5, 5.41) is 0.509. The molecule has 7 nitrogen and oxygen atoms in total. The number of carbonyl (C=O) groups is 1. The van der Waals surface area contributed by atoms with Crippen LogP contribution in [0.3, 0.4) is 0 Å². The lowest BCUT2D eigenvalue weighted by Crippen LogP contribution is -2.45. The smallest absolute Gasteiger partial charge is 0.329 e. The molecule has 3 heterocycles. The van der Waals surface area contributed by atoms with Crippen LogP contribution in [0.4, 0.5) is 0 Å². The van der Waals surface area contributed by atoms with Gasteiger partial charge in [-0.25, -0.2) is 4.79 Å². The number of aromatic nitrogens is 3. The molecule has 1 aliphatic rings. The molecular weight excluding hydrogens is 376 g/mol. The number of carbonyl (C=O) groups excluding carboxylic acids is 1. The Kier molecular flexibility index (Phi) is 5.29. The van der Waals surface area contributed by atoms with Crippen LogP contribution in [0.5, 0.6) is 0 Å². The maximum atomic E-state index is 12.8. The third-order valence-electron chi connectivity index (χ3n) is 5.03. The molecule has 1 fully saturated rings. The number of aromatic amines is 1. The van der Waals surface area contributed by atoms with E-state index in [0.29, 0.717) is 42.6 Å². The van der Waals surface area contributed by atoms with Gasteiger partial charge in [-0.05, 0) is 37.1 Å². The van der Waals surface area contributed by atoms with Crippen LogP contribution in [-0.2, 0) is 4.79 Å². The van der Waals surface area contributed by atoms with E-state index in [1.54, 1.807) is 36.7 Å². The number of rotatable bonds is 4. The molecule has 0 saturated carbocycles. The molecule has 0 atom stereocenters. The third-order valence-corrected chi connectivity index (χ3v) is 6.03. The fourth-order valence-electron chi connectivity index (χ4n) is 3.55. The fraction of sp³-hybridized carbons (Fsp3) is 0.300. The first-order chi connectivity index (χ1) is 13.6. The predicted octanol–water partition coefficient (Wildman–Crippen LogP) is 2.04. The van der Waals surface area contributed by atoms with Crippen LogP contribution in [0.15, 0.2) is 63.3 Å². The molecule has 144 valence electrons. The molecule has 28 heavy (non-hydrogen) atoms. The molecule has 3 aromatic rings. The quantitative estimate of drug-likeness (QED) is 0.682. The van der Waals surface area contributed by atoms with Crippen LogP contribution >= 0.6 is 11.8 Å². The molecule has 1 saturated heterocycles. The normalized spacial score (nSPS) is 15.1. The number of pyridine rings is 1. The Morgan fingerprint density at radius 2 is 1.82 bits per heavy atom. The number of hydrogen-bond acceptors (Lipinski definition) is 5. The summed E-state index contributed by atoms with van der Waals surface area (Å²) in [5.74, 6) is 0.436. The van der Waals surface area contributed by atoms with Crippen molar-refractivity contribution in [2.24, 2.45) is 0 Å². The number of H-pyrrole nitrogens is 1. The van der Waals surface area contributed by atoms with Gasteiger partial charge in [-0.1, -0.05) is 12.1 Å². The highest BCUT2D eigenvalue weighted by Gasteiger charge is 2.26. The Morgan fingerprint density at radius 3 is 2.57 bits per heavy atom. The number of nitrogens with zero attached hydrogens (tertiary/aromatic N) is 3. The van der Waals surface area contributed by atoms with Gasteiger partial charge >= 0.3 is 5.69 Å². The number of hydrogen-bond donors (Lipinski definition) is 1. The fourth-order valence-corrected chi connectivity index (χ4v) is 4.34. The number of thioether (sulfide) groups is 1. The van der Waals surface area contributed by atoms with E-state index in [1.807, 2.05) is 17.0 Å². The van der Waals surface area contributed by atoms with Crippen molar-refractivity contribution in [1.29, 1.82) is 0 Å². The lowest BCUT2D eigenvalue weighted by molar-refractivity contribution is -0.129. The van der Waals surface area contributed by atoms with Gasteiger partial charge in [0.15, 0.2) is 0 Å². The first kappa shape index (κ1) is 18.5.